The van der Waals surface area contributed by atoms with Gasteiger partial charge in [0.1, 0.15) is 23.4 Å². The van der Waals surface area contributed by atoms with Crippen LogP contribution in [0.2, 0.25) is 0 Å². The maximum absolute atomic E-state index is 13.3. The number of hydrogen-bond donors (Lipinski definition) is 2. The third-order valence-corrected chi connectivity index (χ3v) is 7.14. The second-order valence-corrected chi connectivity index (χ2v) is 9.86. The van der Waals surface area contributed by atoms with Crippen molar-refractivity contribution < 1.29 is 19.1 Å². The molecule has 2 unspecified atom stereocenters. The third kappa shape index (κ3) is 5.29. The van der Waals surface area contributed by atoms with Crippen molar-refractivity contribution in [1.29, 1.82) is 5.26 Å². The molecule has 3 aliphatic rings. The van der Waals surface area contributed by atoms with Gasteiger partial charge in [0.25, 0.3) is 0 Å². The molecule has 198 valence electrons. The summed E-state index contributed by atoms with van der Waals surface area (Å²) in [5.74, 6) is 0.730. The van der Waals surface area contributed by atoms with Crippen LogP contribution in [-0.2, 0) is 22.5 Å². The molecule has 2 atom stereocenters. The highest BCUT2D eigenvalue weighted by molar-refractivity contribution is 6.02. The van der Waals surface area contributed by atoms with Crippen molar-refractivity contribution in [3.63, 3.8) is 0 Å². The zero-order valence-electron chi connectivity index (χ0n) is 21.4. The molecule has 38 heavy (non-hydrogen) atoms. The highest BCUT2D eigenvalue weighted by Crippen LogP contribution is 2.31. The Morgan fingerprint density at radius 3 is 2.87 bits per heavy atom. The van der Waals surface area contributed by atoms with Crippen LogP contribution in [0.25, 0.3) is 0 Å². The largest absolute Gasteiger partial charge is 0.379 e. The molecule has 2 aliphatic heterocycles. The number of nitriles is 1. The van der Waals surface area contributed by atoms with Crippen LogP contribution in [0.1, 0.15) is 40.0 Å². The molecule has 2 aromatic rings. The standard InChI is InChI=1S/C26H30N8O4/c1-32-6-7-33(24(36)14-32)13-17-8-16-4-3-5-34(25(16)30-21(17)15-35)26(37)31-23-10-19(18(11-27)12-28-23)29-20-9-22(20)38-2/h8,10,12,15,20,22H,3-7,9,13-14H2,1-2H3,(H2,28,29,31,37). The van der Waals surface area contributed by atoms with Crippen LogP contribution in [-0.4, -0.2) is 90.5 Å². The van der Waals surface area contributed by atoms with Crippen LogP contribution in [0, 0.1) is 11.3 Å². The monoisotopic (exact) mass is 518 g/mol. The number of aldehydes is 1. The second kappa shape index (κ2) is 10.7. The fraction of sp³-hybridized carbons (Fsp3) is 0.462. The summed E-state index contributed by atoms with van der Waals surface area (Å²) in [5.41, 5.74) is 2.69. The lowest BCUT2D eigenvalue weighted by molar-refractivity contribution is -0.136. The zero-order chi connectivity index (χ0) is 26.8. The highest BCUT2D eigenvalue weighted by atomic mass is 16.5. The van der Waals surface area contributed by atoms with E-state index in [-0.39, 0.29) is 23.7 Å². The first-order valence-corrected chi connectivity index (χ1v) is 12.6. The van der Waals surface area contributed by atoms with E-state index in [1.807, 2.05) is 18.0 Å². The number of carbonyl (C=O) groups excluding carboxylic acids is 3. The number of piperazine rings is 1. The van der Waals surface area contributed by atoms with E-state index in [1.165, 1.54) is 11.1 Å². The number of amides is 3. The summed E-state index contributed by atoms with van der Waals surface area (Å²) in [5, 5.41) is 15.5. The van der Waals surface area contributed by atoms with Crippen LogP contribution in [0.5, 0.6) is 0 Å². The number of aryl methyl sites for hydroxylation is 1. The number of fused-ring (bicyclic) bond motifs is 1. The lowest BCUT2D eigenvalue weighted by atomic mass is 10.0. The number of carbonyl (C=O) groups is 3. The fourth-order valence-electron chi connectivity index (χ4n) is 4.88. The van der Waals surface area contributed by atoms with Crippen LogP contribution in [0.3, 0.4) is 0 Å². The molecule has 5 rings (SSSR count). The number of methoxy groups -OCH3 is 1. The van der Waals surface area contributed by atoms with E-state index in [2.05, 4.69) is 26.7 Å². The molecule has 0 radical (unpaired) electrons. The molecular formula is C26H30N8O4. The number of nitrogens with zero attached hydrogens (tertiary/aromatic N) is 6. The third-order valence-electron chi connectivity index (χ3n) is 7.14. The Morgan fingerprint density at radius 1 is 1.32 bits per heavy atom. The van der Waals surface area contributed by atoms with Crippen molar-refractivity contribution >= 4 is 35.5 Å². The van der Waals surface area contributed by atoms with Crippen LogP contribution in [0.15, 0.2) is 18.3 Å². The first kappa shape index (κ1) is 25.6. The number of aromatic nitrogens is 2. The fourth-order valence-corrected chi connectivity index (χ4v) is 4.88. The molecule has 12 heteroatoms. The Balaban J connectivity index is 1.34. The number of nitrogens with one attached hydrogen (secondary N) is 2. The number of urea groups is 1. The average Bonchev–Trinajstić information content (AvgIpc) is 3.67. The Hall–Kier alpha value is -4.08. The van der Waals surface area contributed by atoms with Gasteiger partial charge in [-0.2, -0.15) is 5.26 Å². The number of pyridine rings is 2. The van der Waals surface area contributed by atoms with Crippen LogP contribution >= 0.6 is 0 Å². The molecule has 0 spiro atoms. The second-order valence-electron chi connectivity index (χ2n) is 9.86. The van der Waals surface area contributed by atoms with Crippen molar-refractivity contribution in [2.75, 3.05) is 55.9 Å². The number of likely N-dealkylation sites (N-methyl/N-ethyl adjacent to an activating group) is 1. The van der Waals surface area contributed by atoms with Crippen LogP contribution < -0.4 is 15.5 Å². The zero-order valence-corrected chi connectivity index (χ0v) is 21.4. The molecule has 4 heterocycles. The summed E-state index contributed by atoms with van der Waals surface area (Å²) >= 11 is 0. The van der Waals surface area contributed by atoms with Crippen molar-refractivity contribution in [2.45, 2.75) is 38.0 Å². The van der Waals surface area contributed by atoms with E-state index in [0.717, 1.165) is 24.9 Å². The van der Waals surface area contributed by atoms with E-state index in [9.17, 15) is 19.6 Å². The maximum Gasteiger partial charge on any atom is 0.328 e. The smallest absolute Gasteiger partial charge is 0.328 e. The van der Waals surface area contributed by atoms with Gasteiger partial charge >= 0.3 is 6.03 Å². The number of anilines is 3. The molecule has 0 aromatic carbocycles. The summed E-state index contributed by atoms with van der Waals surface area (Å²) in [4.78, 5) is 51.7. The first-order chi connectivity index (χ1) is 18.4. The van der Waals surface area contributed by atoms with E-state index in [4.69, 9.17) is 4.74 Å². The Morgan fingerprint density at radius 2 is 2.16 bits per heavy atom. The lowest BCUT2D eigenvalue weighted by Gasteiger charge is -2.33. The van der Waals surface area contributed by atoms with Crippen molar-refractivity contribution in [3.05, 3.63) is 40.7 Å². The minimum atomic E-state index is -0.429. The predicted molar refractivity (Wildman–Crippen MR) is 139 cm³/mol. The number of ether oxygens (including phenoxy) is 1. The average molecular weight is 519 g/mol. The summed E-state index contributed by atoms with van der Waals surface area (Å²) < 4.78 is 5.32. The van der Waals surface area contributed by atoms with Crippen molar-refractivity contribution in [2.24, 2.45) is 0 Å². The number of rotatable bonds is 7. The van der Waals surface area contributed by atoms with Gasteiger partial charge in [-0.3, -0.25) is 24.7 Å². The van der Waals surface area contributed by atoms with Gasteiger partial charge in [-0.15, -0.1) is 0 Å². The Bertz CT molecular complexity index is 1310. The van der Waals surface area contributed by atoms with Gasteiger partial charge in [-0.1, -0.05) is 0 Å². The van der Waals surface area contributed by atoms with E-state index in [0.29, 0.717) is 67.3 Å². The Labute approximate surface area is 220 Å². The van der Waals surface area contributed by atoms with E-state index < -0.39 is 6.03 Å². The van der Waals surface area contributed by atoms with Crippen molar-refractivity contribution in [3.8, 4) is 6.07 Å². The van der Waals surface area contributed by atoms with E-state index >= 15 is 0 Å². The van der Waals surface area contributed by atoms with Crippen LogP contribution in [0.4, 0.5) is 22.1 Å². The molecule has 2 fully saturated rings. The Kier molecular flexibility index (Phi) is 7.22. The van der Waals surface area contributed by atoms with E-state index in [1.54, 1.807) is 18.1 Å². The highest BCUT2D eigenvalue weighted by Gasteiger charge is 2.38. The summed E-state index contributed by atoms with van der Waals surface area (Å²) in [6.07, 6.45) is 4.46. The van der Waals surface area contributed by atoms with Crippen molar-refractivity contribution in [1.82, 2.24) is 19.8 Å². The molecule has 3 amide bonds. The molecular weight excluding hydrogens is 488 g/mol. The minimum absolute atomic E-state index is 0.0116. The molecule has 1 saturated heterocycles. The summed E-state index contributed by atoms with van der Waals surface area (Å²) in [6.45, 7) is 2.43. The topological polar surface area (TPSA) is 144 Å². The SMILES string of the molecule is COC1CC1Nc1cc(NC(=O)N2CCCc3cc(CN4CCN(C)CC4=O)c(C=O)nc32)ncc1C#N. The van der Waals surface area contributed by atoms with Gasteiger partial charge in [-0.05, 0) is 37.9 Å². The molecule has 0 bridgehead atoms. The molecule has 2 aromatic heterocycles. The normalized spacial score (nSPS) is 20.9. The van der Waals surface area contributed by atoms with Gasteiger partial charge in [-0.25, -0.2) is 14.8 Å². The van der Waals surface area contributed by atoms with Gasteiger partial charge in [0, 0.05) is 51.1 Å². The predicted octanol–water partition coefficient (Wildman–Crippen LogP) is 1.62. The maximum atomic E-state index is 13.3. The van der Waals surface area contributed by atoms with Gasteiger partial charge < -0.3 is 15.0 Å². The molecule has 1 saturated carbocycles. The summed E-state index contributed by atoms with van der Waals surface area (Å²) in [7, 11) is 3.55. The molecule has 12 nitrogen and oxygen atoms in total. The lowest BCUT2D eigenvalue weighted by Crippen LogP contribution is -2.48. The van der Waals surface area contributed by atoms with Gasteiger partial charge in [0.05, 0.1) is 29.9 Å². The minimum Gasteiger partial charge on any atom is -0.379 e. The molecule has 2 N–H and O–H groups in total. The van der Waals surface area contributed by atoms with Gasteiger partial charge in [0.2, 0.25) is 5.91 Å². The molecule has 1 aliphatic carbocycles. The quantitative estimate of drug-likeness (QED) is 0.523. The summed E-state index contributed by atoms with van der Waals surface area (Å²) in [6, 6.07) is 5.31. The van der Waals surface area contributed by atoms with Gasteiger partial charge in [0.15, 0.2) is 6.29 Å². The number of hydrogen-bond acceptors (Lipinski definition) is 9. The first-order valence-electron chi connectivity index (χ1n) is 12.6.